The molecule has 22 heteroatoms. The van der Waals surface area contributed by atoms with Gasteiger partial charge in [-0.1, -0.05) is 75.3 Å². The van der Waals surface area contributed by atoms with Crippen LogP contribution in [0.5, 0.6) is 11.5 Å². The Morgan fingerprint density at radius 3 is 1.75 bits per heavy atom. The third-order valence-electron chi connectivity index (χ3n) is 17.9. The van der Waals surface area contributed by atoms with E-state index in [1.807, 2.05) is 100 Å². The van der Waals surface area contributed by atoms with Crippen LogP contribution >= 0.6 is 0 Å². The topological polar surface area (TPSA) is 228 Å². The van der Waals surface area contributed by atoms with E-state index < -0.39 is 17.5 Å². The number of hydrogen-bond donors (Lipinski definition) is 3. The van der Waals surface area contributed by atoms with Gasteiger partial charge in [-0.3, -0.25) is 33.9 Å². The van der Waals surface area contributed by atoms with Crippen molar-refractivity contribution in [3.63, 3.8) is 0 Å². The summed E-state index contributed by atoms with van der Waals surface area (Å²) in [4.78, 5) is 92.2. The molecule has 4 aliphatic carbocycles. The molecule has 5 atom stereocenters. The molecule has 3 N–H and O–H groups in total. The molecule has 506 valence electrons. The second kappa shape index (κ2) is 34.4. The van der Waals surface area contributed by atoms with Crippen molar-refractivity contribution in [3.05, 3.63) is 53.7 Å². The summed E-state index contributed by atoms with van der Waals surface area (Å²) in [5.41, 5.74) is 3.06. The summed E-state index contributed by atoms with van der Waals surface area (Å²) >= 11 is 0. The quantitative estimate of drug-likeness (QED) is 0.0314. The van der Waals surface area contributed by atoms with Gasteiger partial charge >= 0.3 is 24.0 Å². The van der Waals surface area contributed by atoms with Gasteiger partial charge in [0.05, 0.1) is 77.2 Å². The van der Waals surface area contributed by atoms with Crippen molar-refractivity contribution < 1.29 is 57.2 Å². The highest BCUT2D eigenvalue weighted by atomic mass is 16.6. The second-order valence-corrected chi connectivity index (χ2v) is 27.7. The van der Waals surface area contributed by atoms with Crippen molar-refractivity contribution in [2.75, 3.05) is 151 Å². The Morgan fingerprint density at radius 2 is 1.19 bits per heavy atom. The lowest BCUT2D eigenvalue weighted by Crippen LogP contribution is -2.63. The van der Waals surface area contributed by atoms with Crippen LogP contribution in [0.2, 0.25) is 0 Å². The number of anilines is 1. The lowest BCUT2D eigenvalue weighted by molar-refractivity contribution is -0.158. The van der Waals surface area contributed by atoms with E-state index in [0.29, 0.717) is 113 Å². The average molecular weight is 1270 g/mol. The Balaban J connectivity index is 0.958. The Bertz CT molecular complexity index is 2850. The van der Waals surface area contributed by atoms with E-state index in [2.05, 4.69) is 47.8 Å². The van der Waals surface area contributed by atoms with Crippen LogP contribution in [-0.2, 0) is 38.1 Å². The molecule has 8 rings (SSSR count). The summed E-state index contributed by atoms with van der Waals surface area (Å²) in [5.74, 6) is 1.28. The van der Waals surface area contributed by atoms with Crippen LogP contribution < -0.4 is 25.4 Å². The van der Waals surface area contributed by atoms with Crippen LogP contribution in [0, 0.1) is 47.3 Å². The monoisotopic (exact) mass is 1270 g/mol. The minimum Gasteiger partial charge on any atom is -0.496 e. The predicted octanol–water partition coefficient (Wildman–Crippen LogP) is 8.07. The molecule has 1 aromatic heterocycles. The fraction of sp³-hybridized carbons (Fsp3) is 0.696. The minimum atomic E-state index is -1.11. The molecule has 3 amide bonds. The van der Waals surface area contributed by atoms with Crippen LogP contribution in [0.15, 0.2) is 42.5 Å². The number of nitrogens with zero attached hydrogens (tertiary/aromatic N) is 7. The van der Waals surface area contributed by atoms with Crippen molar-refractivity contribution >= 4 is 41.5 Å². The minimum absolute atomic E-state index is 0.0107. The molecule has 2 heterocycles. The number of rotatable bonds is 31. The van der Waals surface area contributed by atoms with E-state index in [-0.39, 0.29) is 104 Å². The first-order chi connectivity index (χ1) is 43.5. The van der Waals surface area contributed by atoms with Crippen LogP contribution in [0.4, 0.5) is 10.5 Å². The normalized spacial score (nSPS) is 20.7. The number of benzene rings is 2. The number of amides is 3. The number of esters is 3. The molecule has 0 spiro atoms. The van der Waals surface area contributed by atoms with E-state index in [1.165, 1.54) is 0 Å². The summed E-state index contributed by atoms with van der Waals surface area (Å²) in [6.07, 6.45) is 4.96. The van der Waals surface area contributed by atoms with Crippen LogP contribution in [0.3, 0.4) is 0 Å². The summed E-state index contributed by atoms with van der Waals surface area (Å²) in [6.45, 7) is 27.6. The summed E-state index contributed by atoms with van der Waals surface area (Å²) < 4.78 is 36.4. The third-order valence-corrected chi connectivity index (χ3v) is 17.9. The SMILES string of the molecule is COc1cccc(OC)c1-c1cc(C(=O)NC2(C(=O)OCC(C)C)C3CC4CC(C3)C2C4)nn1-c1ccc(NCCCN(C)CCCNC(=O)CN2CCN(CC(=O)OCC(C)C)CCN(CC(=O)OCC(C)C)CCN(C(=O)OCC(C)C)CC2)cc1C(C)C. The molecule has 4 saturated carbocycles. The molecule has 5 aliphatic rings. The predicted molar refractivity (Wildman–Crippen MR) is 352 cm³/mol. The van der Waals surface area contributed by atoms with E-state index in [9.17, 15) is 28.8 Å². The first-order valence-corrected chi connectivity index (χ1v) is 33.5. The lowest BCUT2D eigenvalue weighted by atomic mass is 9.69. The molecule has 1 saturated heterocycles. The highest BCUT2D eigenvalue weighted by Crippen LogP contribution is 2.63. The van der Waals surface area contributed by atoms with Gasteiger partial charge in [0.1, 0.15) is 17.0 Å². The van der Waals surface area contributed by atoms with Crippen molar-refractivity contribution in [2.45, 2.75) is 119 Å². The number of nitrogens with one attached hydrogen (secondary N) is 3. The summed E-state index contributed by atoms with van der Waals surface area (Å²) in [5, 5.41) is 15.2. The number of hydrogen-bond acceptors (Lipinski definition) is 18. The Kier molecular flexibility index (Phi) is 27.2. The maximum atomic E-state index is 14.9. The molecule has 0 radical (unpaired) electrons. The van der Waals surface area contributed by atoms with Crippen molar-refractivity contribution in [1.29, 1.82) is 0 Å². The Hall–Kier alpha value is -6.49. The molecule has 5 unspecified atom stereocenters. The second-order valence-electron chi connectivity index (χ2n) is 27.7. The van der Waals surface area contributed by atoms with Gasteiger partial charge in [0.25, 0.3) is 5.91 Å². The Labute approximate surface area is 541 Å². The standard InChI is InChI=1S/C69H108N10O12/c1-46(2)42-88-63(81)40-76-26-25-75(29-31-78(68(85)91-45-49(7)8)32-30-77(28-27-76)41-64(82)89-43-47(3)4)39-62(80)71-22-16-24-74(11)23-15-21-70-54-19-20-58(55(37-54)50(9)10)79-59(65-60(86-12)17-14-18-61(65)87-13)38-57(73-79)66(83)72-69(67(84)90-44-48(5)6)53-34-51-33-52(36-53)56(69)35-51/h14,17-20,37-38,46-53,56,70H,15-16,21-36,39-45H2,1-13H3,(H,71,80)(H,72,83). The molecular weight excluding hydrogens is 1160 g/mol. The summed E-state index contributed by atoms with van der Waals surface area (Å²) in [7, 11) is 5.30. The van der Waals surface area contributed by atoms with Crippen molar-refractivity contribution in [2.24, 2.45) is 47.3 Å². The third kappa shape index (κ3) is 20.3. The van der Waals surface area contributed by atoms with Gasteiger partial charge in [0.2, 0.25) is 5.91 Å². The van der Waals surface area contributed by atoms with Gasteiger partial charge in [-0.2, -0.15) is 5.10 Å². The van der Waals surface area contributed by atoms with E-state index >= 15 is 0 Å². The van der Waals surface area contributed by atoms with Crippen LogP contribution in [0.25, 0.3) is 16.9 Å². The molecule has 4 bridgehead atoms. The molecule has 22 nitrogen and oxygen atoms in total. The number of aromatic nitrogens is 2. The fourth-order valence-corrected chi connectivity index (χ4v) is 13.3. The van der Waals surface area contributed by atoms with E-state index in [0.717, 1.165) is 68.6 Å². The molecular formula is C69H108N10O12. The molecule has 5 fully saturated rings. The zero-order valence-corrected chi connectivity index (χ0v) is 56.9. The van der Waals surface area contributed by atoms with E-state index in [1.54, 1.807) is 29.9 Å². The lowest BCUT2D eigenvalue weighted by Gasteiger charge is -2.42. The number of carbonyl (C=O) groups excluding carboxylic acids is 6. The van der Waals surface area contributed by atoms with Gasteiger partial charge in [0, 0.05) is 71.1 Å². The first kappa shape index (κ1) is 71.9. The highest BCUT2D eigenvalue weighted by Gasteiger charge is 2.67. The number of carbonyl (C=O) groups is 6. The van der Waals surface area contributed by atoms with Gasteiger partial charge in [-0.25, -0.2) is 14.3 Å². The van der Waals surface area contributed by atoms with Gasteiger partial charge in [0.15, 0.2) is 5.69 Å². The number of methoxy groups -OCH3 is 2. The van der Waals surface area contributed by atoms with Crippen LogP contribution in [0.1, 0.15) is 130 Å². The zero-order valence-electron chi connectivity index (χ0n) is 56.9. The largest absolute Gasteiger partial charge is 0.496 e. The number of ether oxygens (including phenoxy) is 6. The highest BCUT2D eigenvalue weighted by molar-refractivity contribution is 5.99. The van der Waals surface area contributed by atoms with Gasteiger partial charge in [-0.05, 0) is 154 Å². The zero-order chi connectivity index (χ0) is 65.9. The van der Waals surface area contributed by atoms with Gasteiger partial charge < -0.3 is 54.2 Å². The molecule has 3 aromatic rings. The van der Waals surface area contributed by atoms with E-state index in [4.69, 9.17) is 33.5 Å². The molecule has 91 heavy (non-hydrogen) atoms. The maximum absolute atomic E-state index is 14.9. The smallest absolute Gasteiger partial charge is 0.409 e. The van der Waals surface area contributed by atoms with Crippen molar-refractivity contribution in [3.8, 4) is 28.4 Å². The summed E-state index contributed by atoms with van der Waals surface area (Å²) in [6, 6.07) is 13.6. The van der Waals surface area contributed by atoms with Crippen molar-refractivity contribution in [1.82, 2.24) is 44.9 Å². The molecule has 2 aromatic carbocycles. The first-order valence-electron chi connectivity index (χ1n) is 33.5. The Morgan fingerprint density at radius 1 is 0.637 bits per heavy atom. The van der Waals surface area contributed by atoms with Crippen LogP contribution in [-0.4, -0.2) is 222 Å². The molecule has 1 aliphatic heterocycles. The van der Waals surface area contributed by atoms with Gasteiger partial charge in [-0.15, -0.1) is 0 Å². The average Bonchev–Trinajstić information content (AvgIpc) is 1.58. The maximum Gasteiger partial charge on any atom is 0.409 e. The fourth-order valence-electron chi connectivity index (χ4n) is 13.3.